The van der Waals surface area contributed by atoms with Crippen molar-refractivity contribution in [2.24, 2.45) is 0 Å². The van der Waals surface area contributed by atoms with Crippen LogP contribution in [-0.4, -0.2) is 35.2 Å². The van der Waals surface area contributed by atoms with Crippen molar-refractivity contribution < 1.29 is 14.4 Å². The van der Waals surface area contributed by atoms with E-state index in [2.05, 4.69) is 12.2 Å². The van der Waals surface area contributed by atoms with Crippen LogP contribution in [0.1, 0.15) is 43.0 Å². The molecule has 1 atom stereocenters. The molecule has 0 aromatic heterocycles. The number of hydrogen-bond acceptors (Lipinski definition) is 4. The van der Waals surface area contributed by atoms with Crippen LogP contribution in [0, 0.1) is 0 Å². The van der Waals surface area contributed by atoms with Crippen molar-refractivity contribution in [1.82, 2.24) is 4.90 Å². The Kier molecular flexibility index (Phi) is 6.98. The number of amides is 3. The van der Waals surface area contributed by atoms with Crippen molar-refractivity contribution in [3.8, 4) is 0 Å². The first-order valence-electron chi connectivity index (χ1n) is 10.7. The Labute approximate surface area is 207 Å². The molecular weight excluding hydrogens is 485 g/mol. The molecule has 9 heteroatoms. The molecule has 33 heavy (non-hydrogen) atoms. The number of likely N-dealkylation sites (tertiary alicyclic amines) is 1. The zero-order chi connectivity index (χ0) is 23.7. The van der Waals surface area contributed by atoms with Crippen molar-refractivity contribution in [1.29, 1.82) is 0 Å². The molecule has 4 rings (SSSR count). The Balaban J connectivity index is 1.52. The number of halogens is 3. The number of piperidine rings is 1. The third kappa shape index (κ3) is 4.47. The lowest BCUT2D eigenvalue weighted by Gasteiger charge is -2.35. The minimum atomic E-state index is -0.698. The van der Waals surface area contributed by atoms with Crippen LogP contribution in [-0.2, 0) is 9.59 Å². The third-order valence-corrected chi connectivity index (χ3v) is 7.12. The Bertz CT molecular complexity index is 1150. The summed E-state index contributed by atoms with van der Waals surface area (Å²) in [6, 6.07) is 11.7. The van der Waals surface area contributed by atoms with Crippen molar-refractivity contribution in [2.75, 3.05) is 16.8 Å². The number of nitrogens with one attached hydrogen (secondary N) is 1. The monoisotopic (exact) mass is 505 g/mol. The largest absolute Gasteiger partial charge is 0.350 e. The van der Waals surface area contributed by atoms with Crippen LogP contribution in [0.3, 0.4) is 0 Å². The van der Waals surface area contributed by atoms with E-state index in [1.54, 1.807) is 36.4 Å². The molecule has 172 valence electrons. The SMILES string of the molecule is CCC1CCCCN1C(=O)c1ccc(NC2=C(Cl)C(=O)N(c3cccc(Cl)c3Cl)C2=O)cc1. The number of hydrogen-bond donors (Lipinski definition) is 1. The lowest BCUT2D eigenvalue weighted by atomic mass is 9.99. The van der Waals surface area contributed by atoms with Crippen LogP contribution in [0.2, 0.25) is 10.0 Å². The molecule has 0 radical (unpaired) electrons. The number of anilines is 2. The van der Waals surface area contributed by atoms with E-state index in [4.69, 9.17) is 34.8 Å². The van der Waals surface area contributed by atoms with Gasteiger partial charge in [-0.15, -0.1) is 0 Å². The second-order valence-corrected chi connectivity index (χ2v) is 9.13. The van der Waals surface area contributed by atoms with Crippen LogP contribution in [0.5, 0.6) is 0 Å². The standard InChI is InChI=1S/C24H22Cl3N3O3/c1-2-16-6-3-4-13-29(16)22(31)14-9-11-15(12-10-14)28-21-20(27)23(32)30(24(21)33)18-8-5-7-17(25)19(18)26/h5,7-12,16,28H,2-4,6,13H2,1H3. The maximum absolute atomic E-state index is 13.0. The van der Waals surface area contributed by atoms with E-state index in [-0.39, 0.29) is 38.4 Å². The molecule has 1 N–H and O–H groups in total. The highest BCUT2D eigenvalue weighted by Crippen LogP contribution is 2.37. The maximum Gasteiger partial charge on any atom is 0.283 e. The predicted molar refractivity (Wildman–Crippen MR) is 131 cm³/mol. The molecule has 2 aromatic rings. The van der Waals surface area contributed by atoms with Gasteiger partial charge in [0.05, 0.1) is 15.7 Å². The topological polar surface area (TPSA) is 69.7 Å². The summed E-state index contributed by atoms with van der Waals surface area (Å²) in [5.74, 6) is -1.34. The van der Waals surface area contributed by atoms with E-state index in [0.717, 1.165) is 37.1 Å². The summed E-state index contributed by atoms with van der Waals surface area (Å²) in [7, 11) is 0. The summed E-state index contributed by atoms with van der Waals surface area (Å²) >= 11 is 18.4. The van der Waals surface area contributed by atoms with Crippen LogP contribution in [0.4, 0.5) is 11.4 Å². The summed E-state index contributed by atoms with van der Waals surface area (Å²) in [6.07, 6.45) is 4.11. The molecule has 0 bridgehead atoms. The molecule has 2 aliphatic rings. The van der Waals surface area contributed by atoms with Gasteiger partial charge in [-0.25, -0.2) is 4.90 Å². The van der Waals surface area contributed by atoms with Crippen molar-refractivity contribution in [3.05, 3.63) is 68.8 Å². The van der Waals surface area contributed by atoms with Gasteiger partial charge in [0.15, 0.2) is 0 Å². The Morgan fingerprint density at radius 3 is 2.45 bits per heavy atom. The average molecular weight is 507 g/mol. The molecule has 2 aliphatic heterocycles. The van der Waals surface area contributed by atoms with Crippen molar-refractivity contribution in [3.63, 3.8) is 0 Å². The first-order valence-corrected chi connectivity index (χ1v) is 11.9. The smallest absolute Gasteiger partial charge is 0.283 e. The number of rotatable bonds is 5. The van der Waals surface area contributed by atoms with Gasteiger partial charge in [-0.1, -0.05) is 47.8 Å². The summed E-state index contributed by atoms with van der Waals surface area (Å²) in [5, 5.41) is 2.95. The predicted octanol–water partition coefficient (Wildman–Crippen LogP) is 5.83. The summed E-state index contributed by atoms with van der Waals surface area (Å²) in [6.45, 7) is 2.86. The van der Waals surface area contributed by atoms with Gasteiger partial charge in [0.2, 0.25) is 0 Å². The third-order valence-electron chi connectivity index (χ3n) is 5.96. The van der Waals surface area contributed by atoms with E-state index in [9.17, 15) is 14.4 Å². The molecule has 0 spiro atoms. The Morgan fingerprint density at radius 2 is 1.76 bits per heavy atom. The second-order valence-electron chi connectivity index (χ2n) is 7.97. The van der Waals surface area contributed by atoms with E-state index in [0.29, 0.717) is 11.3 Å². The van der Waals surface area contributed by atoms with E-state index in [1.807, 2.05) is 4.90 Å². The zero-order valence-electron chi connectivity index (χ0n) is 17.9. The van der Waals surface area contributed by atoms with Gasteiger partial charge < -0.3 is 10.2 Å². The fourth-order valence-electron chi connectivity index (χ4n) is 4.19. The fraction of sp³-hybridized carbons (Fsp3) is 0.292. The zero-order valence-corrected chi connectivity index (χ0v) is 20.2. The van der Waals surface area contributed by atoms with E-state index in [1.165, 1.54) is 6.07 Å². The number of imide groups is 1. The first kappa shape index (κ1) is 23.6. The van der Waals surface area contributed by atoms with E-state index >= 15 is 0 Å². The first-order chi connectivity index (χ1) is 15.8. The molecule has 1 fully saturated rings. The highest BCUT2D eigenvalue weighted by atomic mass is 35.5. The second kappa shape index (κ2) is 9.75. The van der Waals surface area contributed by atoms with Crippen LogP contribution in [0.15, 0.2) is 53.2 Å². The van der Waals surface area contributed by atoms with Gasteiger partial charge in [0.25, 0.3) is 17.7 Å². The van der Waals surface area contributed by atoms with E-state index < -0.39 is 11.8 Å². The number of carbonyl (C=O) groups excluding carboxylic acids is 3. The summed E-state index contributed by atoms with van der Waals surface area (Å²) in [4.78, 5) is 41.5. The minimum Gasteiger partial charge on any atom is -0.350 e. The van der Waals surface area contributed by atoms with Crippen molar-refractivity contribution in [2.45, 2.75) is 38.6 Å². The fourth-order valence-corrected chi connectivity index (χ4v) is 4.79. The van der Waals surface area contributed by atoms with Crippen LogP contribution >= 0.6 is 34.8 Å². The average Bonchev–Trinajstić information content (AvgIpc) is 3.04. The quantitative estimate of drug-likeness (QED) is 0.518. The van der Waals surface area contributed by atoms with Gasteiger partial charge in [0.1, 0.15) is 10.7 Å². The summed E-state index contributed by atoms with van der Waals surface area (Å²) < 4.78 is 0. The van der Waals surface area contributed by atoms with Gasteiger partial charge in [-0.05, 0) is 62.1 Å². The molecule has 0 saturated carbocycles. The van der Waals surface area contributed by atoms with Crippen LogP contribution in [0.25, 0.3) is 0 Å². The Morgan fingerprint density at radius 1 is 1.03 bits per heavy atom. The highest BCUT2D eigenvalue weighted by molar-refractivity contribution is 6.54. The Hall–Kier alpha value is -2.54. The number of carbonyl (C=O) groups is 3. The number of nitrogens with zero attached hydrogens (tertiary/aromatic N) is 2. The maximum atomic E-state index is 13.0. The molecule has 2 aromatic carbocycles. The van der Waals surface area contributed by atoms with Gasteiger partial charge in [-0.3, -0.25) is 14.4 Å². The highest BCUT2D eigenvalue weighted by Gasteiger charge is 2.40. The molecule has 3 amide bonds. The molecule has 1 saturated heterocycles. The minimum absolute atomic E-state index is 0.000702. The normalized spacial score (nSPS) is 18.8. The lowest BCUT2D eigenvalue weighted by molar-refractivity contribution is -0.120. The van der Waals surface area contributed by atoms with Crippen LogP contribution < -0.4 is 10.2 Å². The van der Waals surface area contributed by atoms with Crippen molar-refractivity contribution >= 4 is 63.9 Å². The molecule has 0 aliphatic carbocycles. The molecule has 2 heterocycles. The number of benzene rings is 2. The van der Waals surface area contributed by atoms with Gasteiger partial charge in [-0.2, -0.15) is 0 Å². The van der Waals surface area contributed by atoms with Gasteiger partial charge in [0, 0.05) is 23.8 Å². The van der Waals surface area contributed by atoms with Gasteiger partial charge >= 0.3 is 0 Å². The molecular formula is C24H22Cl3N3O3. The summed E-state index contributed by atoms with van der Waals surface area (Å²) in [5.41, 5.74) is 1.17. The molecule has 1 unspecified atom stereocenters. The molecule has 6 nitrogen and oxygen atoms in total. The lowest BCUT2D eigenvalue weighted by Crippen LogP contribution is -2.43.